The van der Waals surface area contributed by atoms with Gasteiger partial charge in [0.25, 0.3) is 0 Å². The number of aromatic nitrogens is 3. The zero-order chi connectivity index (χ0) is 10.3. The molecule has 0 aliphatic heterocycles. The van der Waals surface area contributed by atoms with Crippen molar-refractivity contribution in [1.82, 2.24) is 14.3 Å². The largest absolute Gasteiger partial charge is 0.262 e. The number of rotatable bonds is 1. The van der Waals surface area contributed by atoms with E-state index < -0.39 is 0 Å². The van der Waals surface area contributed by atoms with Gasteiger partial charge in [-0.2, -0.15) is 0 Å². The van der Waals surface area contributed by atoms with Gasteiger partial charge in [-0.05, 0) is 31.2 Å². The number of aryl methyl sites for hydroxylation is 1. The van der Waals surface area contributed by atoms with E-state index in [1.165, 1.54) is 0 Å². The number of benzene rings is 1. The molecule has 3 aromatic rings. The Morgan fingerprint density at radius 2 is 1.73 bits per heavy atom. The molecule has 2 heterocycles. The van der Waals surface area contributed by atoms with E-state index in [9.17, 15) is 0 Å². The monoisotopic (exact) mass is 197 g/mol. The molecule has 3 nitrogen and oxygen atoms in total. The summed E-state index contributed by atoms with van der Waals surface area (Å²) in [7, 11) is 0. The summed E-state index contributed by atoms with van der Waals surface area (Å²) in [6.07, 6.45) is 4.03. The van der Waals surface area contributed by atoms with Gasteiger partial charge in [-0.15, -0.1) is 0 Å². The van der Waals surface area contributed by atoms with Crippen molar-refractivity contribution in [1.29, 1.82) is 0 Å². The molecule has 2 aromatic heterocycles. The molecule has 0 spiro atoms. The van der Waals surface area contributed by atoms with Crippen LogP contribution in [0.1, 0.15) is 5.82 Å². The molecule has 0 aliphatic carbocycles. The second kappa shape index (κ2) is 2.98. The van der Waals surface area contributed by atoms with Crippen LogP contribution in [0.15, 0.2) is 48.8 Å². The van der Waals surface area contributed by atoms with Crippen LogP contribution in [0, 0.1) is 6.92 Å². The van der Waals surface area contributed by atoms with Crippen LogP contribution in [0.4, 0.5) is 0 Å². The van der Waals surface area contributed by atoms with Crippen molar-refractivity contribution in [3.8, 4) is 0 Å². The van der Waals surface area contributed by atoms with E-state index in [2.05, 4.69) is 15.7 Å². The minimum atomic E-state index is 0.993. The quantitative estimate of drug-likeness (QED) is 0.587. The molecule has 0 radical (unpaired) electrons. The van der Waals surface area contributed by atoms with Gasteiger partial charge in [0, 0.05) is 12.4 Å². The first-order valence-electron chi connectivity index (χ1n) is 4.94. The summed E-state index contributed by atoms with van der Waals surface area (Å²) < 4.78 is 4.12. The third-order valence-corrected chi connectivity index (χ3v) is 2.52. The highest BCUT2D eigenvalue weighted by molar-refractivity contribution is 5.75. The van der Waals surface area contributed by atoms with E-state index >= 15 is 0 Å². The fourth-order valence-corrected chi connectivity index (χ4v) is 1.88. The van der Waals surface area contributed by atoms with Crippen LogP contribution in [0.5, 0.6) is 0 Å². The van der Waals surface area contributed by atoms with Crippen LogP contribution < -0.4 is 0 Å². The predicted octanol–water partition coefficient (Wildman–Crippen LogP) is 2.46. The fourth-order valence-electron chi connectivity index (χ4n) is 1.88. The smallest absolute Gasteiger partial charge is 0.126 e. The van der Waals surface area contributed by atoms with Crippen molar-refractivity contribution in [3.05, 3.63) is 54.6 Å². The molecule has 0 aliphatic rings. The number of imidazole rings is 1. The van der Waals surface area contributed by atoms with E-state index in [1.54, 1.807) is 0 Å². The topological polar surface area (TPSA) is 22.8 Å². The van der Waals surface area contributed by atoms with Crippen molar-refractivity contribution in [3.63, 3.8) is 0 Å². The SMILES string of the molecule is Cc1nc2ccccc2n1-n1cccc1. The molecule has 3 rings (SSSR count). The van der Waals surface area contributed by atoms with E-state index in [0.717, 1.165) is 16.9 Å². The maximum absolute atomic E-state index is 4.51. The van der Waals surface area contributed by atoms with Gasteiger partial charge in [0.2, 0.25) is 0 Å². The van der Waals surface area contributed by atoms with Crippen LogP contribution in [0.2, 0.25) is 0 Å². The summed E-state index contributed by atoms with van der Waals surface area (Å²) in [5.41, 5.74) is 2.16. The van der Waals surface area contributed by atoms with Gasteiger partial charge in [-0.1, -0.05) is 12.1 Å². The minimum absolute atomic E-state index is 0.993. The van der Waals surface area contributed by atoms with Crippen LogP contribution in [-0.2, 0) is 0 Å². The Balaban J connectivity index is 2.39. The molecule has 1 aromatic carbocycles. The predicted molar refractivity (Wildman–Crippen MR) is 59.7 cm³/mol. The maximum Gasteiger partial charge on any atom is 0.126 e. The molecule has 0 fully saturated rings. The number of para-hydroxylation sites is 2. The van der Waals surface area contributed by atoms with E-state index in [-0.39, 0.29) is 0 Å². The fraction of sp³-hybridized carbons (Fsp3) is 0.0833. The third-order valence-electron chi connectivity index (χ3n) is 2.52. The van der Waals surface area contributed by atoms with Gasteiger partial charge in [0.05, 0.1) is 11.0 Å². The molecule has 74 valence electrons. The van der Waals surface area contributed by atoms with Gasteiger partial charge < -0.3 is 0 Å². The van der Waals surface area contributed by atoms with Crippen LogP contribution in [0.3, 0.4) is 0 Å². The first-order valence-corrected chi connectivity index (χ1v) is 4.94. The summed E-state index contributed by atoms with van der Waals surface area (Å²) >= 11 is 0. The molecule has 0 saturated heterocycles. The highest BCUT2D eigenvalue weighted by Crippen LogP contribution is 2.15. The Morgan fingerprint density at radius 1 is 1.00 bits per heavy atom. The highest BCUT2D eigenvalue weighted by atomic mass is 15.5. The molecule has 15 heavy (non-hydrogen) atoms. The first kappa shape index (κ1) is 8.29. The van der Waals surface area contributed by atoms with Gasteiger partial charge in [0.1, 0.15) is 5.82 Å². The summed E-state index contributed by atoms with van der Waals surface area (Å²) in [6, 6.07) is 12.2. The lowest BCUT2D eigenvalue weighted by Gasteiger charge is -2.07. The number of nitrogens with zero attached hydrogens (tertiary/aromatic N) is 3. The minimum Gasteiger partial charge on any atom is -0.262 e. The van der Waals surface area contributed by atoms with E-state index in [1.807, 2.05) is 54.3 Å². The molecule has 3 heteroatoms. The highest BCUT2D eigenvalue weighted by Gasteiger charge is 2.06. The van der Waals surface area contributed by atoms with Gasteiger partial charge in [0.15, 0.2) is 0 Å². The number of fused-ring (bicyclic) bond motifs is 1. The average Bonchev–Trinajstić information content (AvgIpc) is 2.82. The van der Waals surface area contributed by atoms with Crippen molar-refractivity contribution in [2.45, 2.75) is 6.92 Å². The van der Waals surface area contributed by atoms with Gasteiger partial charge in [-0.3, -0.25) is 4.68 Å². The average molecular weight is 197 g/mol. The van der Waals surface area contributed by atoms with Crippen molar-refractivity contribution >= 4 is 11.0 Å². The van der Waals surface area contributed by atoms with Crippen molar-refractivity contribution < 1.29 is 0 Å². The molecule has 0 atom stereocenters. The molecule has 0 unspecified atom stereocenters. The normalized spacial score (nSPS) is 11.0. The molecule has 0 N–H and O–H groups in total. The molecule has 0 bridgehead atoms. The Bertz CT molecular complexity index is 590. The van der Waals surface area contributed by atoms with Gasteiger partial charge >= 0.3 is 0 Å². The Kier molecular flexibility index (Phi) is 1.65. The lowest BCUT2D eigenvalue weighted by Crippen LogP contribution is -2.07. The summed E-state index contributed by atoms with van der Waals surface area (Å²) in [5, 5.41) is 0. The number of hydrogen-bond acceptors (Lipinski definition) is 1. The van der Waals surface area contributed by atoms with Crippen LogP contribution in [-0.4, -0.2) is 14.3 Å². The van der Waals surface area contributed by atoms with Crippen LogP contribution >= 0.6 is 0 Å². The standard InChI is InChI=1S/C12H11N3/c1-10-13-11-6-2-3-7-12(11)15(10)14-8-4-5-9-14/h2-9H,1H3. The molecular weight excluding hydrogens is 186 g/mol. The summed E-state index contributed by atoms with van der Waals surface area (Å²) in [4.78, 5) is 4.51. The lowest BCUT2D eigenvalue weighted by molar-refractivity contribution is 0.660. The zero-order valence-corrected chi connectivity index (χ0v) is 8.46. The zero-order valence-electron chi connectivity index (χ0n) is 8.46. The second-order valence-corrected chi connectivity index (χ2v) is 3.52. The number of hydrogen-bond donors (Lipinski definition) is 0. The molecule has 0 amide bonds. The van der Waals surface area contributed by atoms with Crippen molar-refractivity contribution in [2.75, 3.05) is 0 Å². The Hall–Kier alpha value is -2.03. The lowest BCUT2D eigenvalue weighted by atomic mass is 10.3. The third kappa shape index (κ3) is 1.16. The van der Waals surface area contributed by atoms with E-state index in [4.69, 9.17) is 0 Å². The Morgan fingerprint density at radius 3 is 2.53 bits per heavy atom. The summed E-state index contributed by atoms with van der Waals surface area (Å²) in [5.74, 6) is 0.993. The van der Waals surface area contributed by atoms with Crippen LogP contribution in [0.25, 0.3) is 11.0 Å². The molecular formula is C12H11N3. The molecule has 0 saturated carbocycles. The first-order chi connectivity index (χ1) is 7.36. The van der Waals surface area contributed by atoms with E-state index in [0.29, 0.717) is 0 Å². The maximum atomic E-state index is 4.51. The second-order valence-electron chi connectivity index (χ2n) is 3.52. The summed E-state index contributed by atoms with van der Waals surface area (Å²) in [6.45, 7) is 2.01. The Labute approximate surface area is 87.6 Å². The van der Waals surface area contributed by atoms with Crippen molar-refractivity contribution in [2.24, 2.45) is 0 Å². The van der Waals surface area contributed by atoms with Gasteiger partial charge in [-0.25, -0.2) is 9.66 Å².